The summed E-state index contributed by atoms with van der Waals surface area (Å²) >= 11 is 0. The van der Waals surface area contributed by atoms with Crippen LogP contribution in [-0.2, 0) is 4.74 Å². The minimum Gasteiger partial charge on any atom is -0.461 e. The monoisotopic (exact) mass is 322 g/mol. The van der Waals surface area contributed by atoms with Crippen LogP contribution in [0.1, 0.15) is 33.3 Å². The number of aromatic amines is 1. The van der Waals surface area contributed by atoms with Crippen molar-refractivity contribution >= 4 is 22.8 Å². The van der Waals surface area contributed by atoms with Crippen LogP contribution in [0.15, 0.2) is 42.5 Å². The molecular formula is C19H18N2O3. The minimum atomic E-state index is -0.447. The summed E-state index contributed by atoms with van der Waals surface area (Å²) in [4.78, 5) is 26.3. The molecule has 0 aliphatic heterocycles. The maximum atomic E-state index is 12.0. The molecule has 0 spiro atoms. The van der Waals surface area contributed by atoms with Crippen molar-refractivity contribution in [3.8, 4) is 11.1 Å². The molecule has 1 aromatic heterocycles. The van der Waals surface area contributed by atoms with E-state index in [2.05, 4.69) is 4.98 Å². The fourth-order valence-corrected chi connectivity index (χ4v) is 2.74. The average molecular weight is 322 g/mol. The van der Waals surface area contributed by atoms with E-state index < -0.39 is 5.91 Å². The number of hydrogen-bond donors (Lipinski definition) is 2. The van der Waals surface area contributed by atoms with Crippen LogP contribution in [0.3, 0.4) is 0 Å². The summed E-state index contributed by atoms with van der Waals surface area (Å²) in [5.41, 5.74) is 9.93. The van der Waals surface area contributed by atoms with Crippen LogP contribution < -0.4 is 5.73 Å². The standard InChI is InChI=1S/C19H18N2O3/c1-3-24-19(23)17-11(2)15-10-14(8-9-16(15)21-17)12-4-6-13(7-5-12)18(20)22/h4-10,21H,3H2,1-2H3,(H2,20,22). The molecule has 3 N–H and O–H groups in total. The number of primary amides is 1. The summed E-state index contributed by atoms with van der Waals surface area (Å²) in [6.45, 7) is 4.01. The molecule has 2 aromatic carbocycles. The molecule has 0 aliphatic rings. The molecule has 0 radical (unpaired) electrons. The molecule has 0 atom stereocenters. The zero-order valence-electron chi connectivity index (χ0n) is 13.6. The Kier molecular flexibility index (Phi) is 4.08. The number of hydrogen-bond acceptors (Lipinski definition) is 3. The van der Waals surface area contributed by atoms with Gasteiger partial charge in [-0.05, 0) is 54.8 Å². The Morgan fingerprint density at radius 2 is 1.75 bits per heavy atom. The Hall–Kier alpha value is -3.08. The summed E-state index contributed by atoms with van der Waals surface area (Å²) < 4.78 is 5.07. The summed E-state index contributed by atoms with van der Waals surface area (Å²) in [5.74, 6) is -0.795. The van der Waals surface area contributed by atoms with E-state index in [1.165, 1.54) is 0 Å². The molecule has 5 heteroatoms. The van der Waals surface area contributed by atoms with E-state index in [4.69, 9.17) is 10.5 Å². The van der Waals surface area contributed by atoms with E-state index >= 15 is 0 Å². The van der Waals surface area contributed by atoms with Gasteiger partial charge in [-0.25, -0.2) is 4.79 Å². The van der Waals surface area contributed by atoms with Gasteiger partial charge in [-0.15, -0.1) is 0 Å². The van der Waals surface area contributed by atoms with Crippen molar-refractivity contribution < 1.29 is 14.3 Å². The molecule has 3 rings (SSSR count). The molecule has 0 unspecified atom stereocenters. The maximum absolute atomic E-state index is 12.0. The number of nitrogens with two attached hydrogens (primary N) is 1. The van der Waals surface area contributed by atoms with Crippen molar-refractivity contribution in [2.45, 2.75) is 13.8 Å². The summed E-state index contributed by atoms with van der Waals surface area (Å²) in [6.07, 6.45) is 0. The molecule has 0 fully saturated rings. The molecule has 1 amide bonds. The molecule has 1 heterocycles. The lowest BCUT2D eigenvalue weighted by Crippen LogP contribution is -2.10. The first-order valence-electron chi connectivity index (χ1n) is 7.71. The number of aromatic nitrogens is 1. The smallest absolute Gasteiger partial charge is 0.355 e. The van der Waals surface area contributed by atoms with E-state index in [0.717, 1.165) is 27.6 Å². The fourth-order valence-electron chi connectivity index (χ4n) is 2.74. The van der Waals surface area contributed by atoms with Crippen LogP contribution in [0.25, 0.3) is 22.0 Å². The van der Waals surface area contributed by atoms with Gasteiger partial charge in [0.2, 0.25) is 5.91 Å². The lowest BCUT2D eigenvalue weighted by Gasteiger charge is -2.04. The van der Waals surface area contributed by atoms with Gasteiger partial charge in [0, 0.05) is 16.5 Å². The second kappa shape index (κ2) is 6.20. The largest absolute Gasteiger partial charge is 0.461 e. The number of ether oxygens (including phenoxy) is 1. The number of carbonyl (C=O) groups is 2. The van der Waals surface area contributed by atoms with Gasteiger partial charge in [-0.2, -0.15) is 0 Å². The summed E-state index contributed by atoms with van der Waals surface area (Å²) in [7, 11) is 0. The van der Waals surface area contributed by atoms with E-state index in [9.17, 15) is 9.59 Å². The van der Waals surface area contributed by atoms with Crippen molar-refractivity contribution in [2.75, 3.05) is 6.61 Å². The molecular weight excluding hydrogens is 304 g/mol. The Balaban J connectivity index is 2.03. The highest BCUT2D eigenvalue weighted by molar-refractivity contribution is 5.99. The lowest BCUT2D eigenvalue weighted by atomic mass is 10.0. The highest BCUT2D eigenvalue weighted by Crippen LogP contribution is 2.28. The number of nitrogens with one attached hydrogen (secondary N) is 1. The molecule has 0 aliphatic carbocycles. The second-order valence-electron chi connectivity index (χ2n) is 5.55. The number of carbonyl (C=O) groups excluding carboxylic acids is 2. The Morgan fingerprint density at radius 3 is 2.38 bits per heavy atom. The zero-order chi connectivity index (χ0) is 17.3. The Labute approximate surface area is 139 Å². The number of amides is 1. The average Bonchev–Trinajstić information content (AvgIpc) is 2.92. The third-order valence-corrected chi connectivity index (χ3v) is 4.04. The second-order valence-corrected chi connectivity index (χ2v) is 5.55. The van der Waals surface area contributed by atoms with Crippen molar-refractivity contribution in [2.24, 2.45) is 5.73 Å². The van der Waals surface area contributed by atoms with Crippen molar-refractivity contribution in [3.63, 3.8) is 0 Å². The SMILES string of the molecule is CCOC(=O)c1[nH]c2ccc(-c3ccc(C(N)=O)cc3)cc2c1C. The number of fused-ring (bicyclic) bond motifs is 1. The number of aryl methyl sites for hydroxylation is 1. The topological polar surface area (TPSA) is 85.2 Å². The first kappa shape index (κ1) is 15.8. The van der Waals surface area contributed by atoms with Gasteiger partial charge in [0.15, 0.2) is 0 Å². The summed E-state index contributed by atoms with van der Waals surface area (Å²) in [6, 6.07) is 13.0. The molecule has 24 heavy (non-hydrogen) atoms. The van der Waals surface area contributed by atoms with Crippen LogP contribution in [0, 0.1) is 6.92 Å². The van der Waals surface area contributed by atoms with Gasteiger partial charge < -0.3 is 15.5 Å². The molecule has 0 saturated heterocycles. The molecule has 5 nitrogen and oxygen atoms in total. The number of esters is 1. The Morgan fingerprint density at radius 1 is 1.08 bits per heavy atom. The highest BCUT2D eigenvalue weighted by Gasteiger charge is 2.16. The quantitative estimate of drug-likeness (QED) is 0.722. The Bertz CT molecular complexity index is 924. The zero-order valence-corrected chi connectivity index (χ0v) is 13.6. The number of rotatable bonds is 4. The van der Waals surface area contributed by atoms with Gasteiger partial charge in [0.25, 0.3) is 0 Å². The predicted octanol–water partition coefficient (Wildman–Crippen LogP) is 3.42. The number of benzene rings is 2. The van der Waals surface area contributed by atoms with Gasteiger partial charge in [0.1, 0.15) is 5.69 Å². The van der Waals surface area contributed by atoms with Crippen LogP contribution in [0.2, 0.25) is 0 Å². The third kappa shape index (κ3) is 2.76. The highest BCUT2D eigenvalue weighted by atomic mass is 16.5. The van der Waals surface area contributed by atoms with Gasteiger partial charge >= 0.3 is 5.97 Å². The van der Waals surface area contributed by atoms with Crippen LogP contribution in [0.4, 0.5) is 0 Å². The first-order chi connectivity index (χ1) is 11.5. The van der Waals surface area contributed by atoms with Gasteiger partial charge in [-0.3, -0.25) is 4.79 Å². The van der Waals surface area contributed by atoms with E-state index in [1.807, 2.05) is 37.3 Å². The fraction of sp³-hybridized carbons (Fsp3) is 0.158. The minimum absolute atomic E-state index is 0.338. The van der Waals surface area contributed by atoms with Crippen LogP contribution in [-0.4, -0.2) is 23.5 Å². The van der Waals surface area contributed by atoms with Gasteiger partial charge in [0.05, 0.1) is 6.61 Å². The van der Waals surface area contributed by atoms with Crippen LogP contribution >= 0.6 is 0 Å². The van der Waals surface area contributed by atoms with Crippen molar-refractivity contribution in [1.29, 1.82) is 0 Å². The molecule has 3 aromatic rings. The maximum Gasteiger partial charge on any atom is 0.355 e. The van der Waals surface area contributed by atoms with E-state index in [1.54, 1.807) is 19.1 Å². The first-order valence-corrected chi connectivity index (χ1v) is 7.71. The van der Waals surface area contributed by atoms with E-state index in [-0.39, 0.29) is 5.97 Å². The van der Waals surface area contributed by atoms with E-state index in [0.29, 0.717) is 17.9 Å². The van der Waals surface area contributed by atoms with Crippen molar-refractivity contribution in [3.05, 3.63) is 59.3 Å². The molecule has 122 valence electrons. The number of H-pyrrole nitrogens is 1. The summed E-state index contributed by atoms with van der Waals surface area (Å²) in [5, 5.41) is 0.967. The molecule has 0 saturated carbocycles. The third-order valence-electron chi connectivity index (χ3n) is 4.04. The van der Waals surface area contributed by atoms with Crippen molar-refractivity contribution in [1.82, 2.24) is 4.98 Å². The predicted molar refractivity (Wildman–Crippen MR) is 92.9 cm³/mol. The van der Waals surface area contributed by atoms with Crippen LogP contribution in [0.5, 0.6) is 0 Å². The molecule has 0 bridgehead atoms. The normalized spacial score (nSPS) is 10.8. The van der Waals surface area contributed by atoms with Gasteiger partial charge in [-0.1, -0.05) is 18.2 Å². The lowest BCUT2D eigenvalue weighted by molar-refractivity contribution is 0.0519.